The van der Waals surface area contributed by atoms with Gasteiger partial charge in [-0.05, 0) is 24.5 Å². The van der Waals surface area contributed by atoms with Crippen molar-refractivity contribution >= 4 is 11.6 Å². The molecule has 1 atom stereocenters. The molecule has 1 fully saturated rings. The van der Waals surface area contributed by atoms with E-state index in [1.807, 2.05) is 12.1 Å². The van der Waals surface area contributed by atoms with Gasteiger partial charge in [-0.3, -0.25) is 0 Å². The van der Waals surface area contributed by atoms with Crippen molar-refractivity contribution in [3.05, 3.63) is 17.7 Å². The average Bonchev–Trinajstić information content (AvgIpc) is 3.20. The summed E-state index contributed by atoms with van der Waals surface area (Å²) in [7, 11) is 4.84. The Morgan fingerprint density at radius 3 is 2.28 bits per heavy atom. The van der Waals surface area contributed by atoms with Crippen LogP contribution in [0.4, 0.5) is 0 Å². The first-order chi connectivity index (χ1) is 8.71. The molecule has 18 heavy (non-hydrogen) atoms. The highest BCUT2D eigenvalue weighted by Gasteiger charge is 2.28. The lowest BCUT2D eigenvalue weighted by Gasteiger charge is -2.18. The molecule has 0 aliphatic heterocycles. The van der Waals surface area contributed by atoms with Gasteiger partial charge in [0.1, 0.15) is 0 Å². The highest BCUT2D eigenvalue weighted by atomic mass is 35.5. The Hall–Kier alpha value is -1.09. The first-order valence-corrected chi connectivity index (χ1v) is 6.57. The quantitative estimate of drug-likeness (QED) is 0.736. The van der Waals surface area contributed by atoms with E-state index in [-0.39, 0.29) is 5.38 Å². The van der Waals surface area contributed by atoms with Gasteiger partial charge >= 0.3 is 0 Å². The van der Waals surface area contributed by atoms with Crippen LogP contribution in [-0.2, 0) is 0 Å². The van der Waals surface area contributed by atoms with Crippen LogP contribution < -0.4 is 14.2 Å². The van der Waals surface area contributed by atoms with Crippen molar-refractivity contribution in [2.45, 2.75) is 24.6 Å². The Morgan fingerprint density at radius 2 is 1.78 bits per heavy atom. The van der Waals surface area contributed by atoms with Crippen LogP contribution in [0.15, 0.2) is 12.1 Å². The van der Waals surface area contributed by atoms with Crippen LogP contribution in [0.5, 0.6) is 17.2 Å². The SMILES string of the molecule is COc1ccc(C(Cl)CC2CC2)c(OC)c1OC. The lowest BCUT2D eigenvalue weighted by Crippen LogP contribution is -2.01. The molecule has 1 unspecified atom stereocenters. The zero-order chi connectivity index (χ0) is 13.1. The van der Waals surface area contributed by atoms with Gasteiger partial charge < -0.3 is 14.2 Å². The summed E-state index contributed by atoms with van der Waals surface area (Å²) in [6, 6.07) is 3.83. The Kier molecular flexibility index (Phi) is 4.23. The van der Waals surface area contributed by atoms with Gasteiger partial charge in [-0.2, -0.15) is 0 Å². The predicted octanol–water partition coefficient (Wildman–Crippen LogP) is 3.79. The molecule has 1 aromatic rings. The molecule has 1 aliphatic rings. The molecule has 0 aromatic heterocycles. The summed E-state index contributed by atoms with van der Waals surface area (Å²) in [6.45, 7) is 0. The minimum Gasteiger partial charge on any atom is -0.493 e. The highest BCUT2D eigenvalue weighted by molar-refractivity contribution is 6.21. The third kappa shape index (κ3) is 2.66. The van der Waals surface area contributed by atoms with Crippen molar-refractivity contribution < 1.29 is 14.2 Å². The molecule has 0 spiro atoms. The van der Waals surface area contributed by atoms with E-state index in [1.54, 1.807) is 21.3 Å². The fraction of sp³-hybridized carbons (Fsp3) is 0.571. The van der Waals surface area contributed by atoms with E-state index in [0.29, 0.717) is 17.2 Å². The lowest BCUT2D eigenvalue weighted by atomic mass is 10.0. The smallest absolute Gasteiger partial charge is 0.203 e. The third-order valence-electron chi connectivity index (χ3n) is 3.31. The maximum Gasteiger partial charge on any atom is 0.203 e. The normalized spacial score (nSPS) is 16.2. The van der Waals surface area contributed by atoms with Crippen LogP contribution in [0, 0.1) is 5.92 Å². The van der Waals surface area contributed by atoms with E-state index in [4.69, 9.17) is 25.8 Å². The minimum absolute atomic E-state index is 0.0349. The van der Waals surface area contributed by atoms with Gasteiger partial charge in [0.2, 0.25) is 5.75 Å². The van der Waals surface area contributed by atoms with E-state index in [9.17, 15) is 0 Å². The zero-order valence-corrected chi connectivity index (χ0v) is 11.8. The molecule has 100 valence electrons. The summed E-state index contributed by atoms with van der Waals surface area (Å²) >= 11 is 6.47. The molecule has 0 heterocycles. The number of hydrogen-bond donors (Lipinski definition) is 0. The van der Waals surface area contributed by atoms with Crippen molar-refractivity contribution in [1.82, 2.24) is 0 Å². The fourth-order valence-electron chi connectivity index (χ4n) is 2.14. The van der Waals surface area contributed by atoms with E-state index in [2.05, 4.69) is 0 Å². The largest absolute Gasteiger partial charge is 0.493 e. The highest BCUT2D eigenvalue weighted by Crippen LogP contribution is 2.47. The average molecular weight is 271 g/mol. The molecule has 1 aliphatic carbocycles. The lowest BCUT2D eigenvalue weighted by molar-refractivity contribution is 0.321. The molecule has 0 bridgehead atoms. The molecular formula is C14H19ClO3. The van der Waals surface area contributed by atoms with Gasteiger partial charge in [0.25, 0.3) is 0 Å². The third-order valence-corrected chi connectivity index (χ3v) is 3.72. The van der Waals surface area contributed by atoms with Crippen molar-refractivity contribution in [2.24, 2.45) is 5.92 Å². The van der Waals surface area contributed by atoms with Crippen LogP contribution in [0.2, 0.25) is 0 Å². The Labute approximate surface area is 113 Å². The predicted molar refractivity (Wildman–Crippen MR) is 72.0 cm³/mol. The van der Waals surface area contributed by atoms with Gasteiger partial charge in [0.05, 0.1) is 26.7 Å². The van der Waals surface area contributed by atoms with Crippen molar-refractivity contribution in [3.63, 3.8) is 0 Å². The van der Waals surface area contributed by atoms with Gasteiger partial charge in [-0.25, -0.2) is 0 Å². The van der Waals surface area contributed by atoms with E-state index < -0.39 is 0 Å². The first kappa shape index (κ1) is 13.3. The summed E-state index contributed by atoms with van der Waals surface area (Å²) in [5.74, 6) is 2.72. The van der Waals surface area contributed by atoms with Crippen molar-refractivity contribution in [1.29, 1.82) is 0 Å². The number of hydrogen-bond acceptors (Lipinski definition) is 3. The number of halogens is 1. The monoisotopic (exact) mass is 270 g/mol. The molecule has 0 saturated heterocycles. The zero-order valence-electron chi connectivity index (χ0n) is 11.0. The molecule has 3 nitrogen and oxygen atoms in total. The minimum atomic E-state index is -0.0349. The van der Waals surface area contributed by atoms with Crippen molar-refractivity contribution in [2.75, 3.05) is 21.3 Å². The molecule has 1 saturated carbocycles. The Morgan fingerprint density at radius 1 is 1.11 bits per heavy atom. The molecule has 2 rings (SSSR count). The maximum absolute atomic E-state index is 6.47. The molecule has 0 radical (unpaired) electrons. The molecular weight excluding hydrogens is 252 g/mol. The summed E-state index contributed by atoms with van der Waals surface area (Å²) < 4.78 is 16.1. The number of ether oxygens (including phenoxy) is 3. The van der Waals surface area contributed by atoms with Crippen molar-refractivity contribution in [3.8, 4) is 17.2 Å². The van der Waals surface area contributed by atoms with E-state index in [1.165, 1.54) is 12.8 Å². The molecule has 4 heteroatoms. The van der Waals surface area contributed by atoms with Crippen LogP contribution in [0.3, 0.4) is 0 Å². The number of benzene rings is 1. The number of alkyl halides is 1. The van der Waals surface area contributed by atoms with Crippen LogP contribution in [0.1, 0.15) is 30.2 Å². The summed E-state index contributed by atoms with van der Waals surface area (Å²) in [5.41, 5.74) is 0.976. The second kappa shape index (κ2) is 5.70. The maximum atomic E-state index is 6.47. The summed E-state index contributed by atoms with van der Waals surface area (Å²) in [6.07, 6.45) is 3.57. The van der Waals surface area contributed by atoms with E-state index >= 15 is 0 Å². The van der Waals surface area contributed by atoms with Crippen LogP contribution >= 0.6 is 11.6 Å². The molecule has 0 amide bonds. The second-order valence-corrected chi connectivity index (χ2v) is 5.10. The molecule has 1 aromatic carbocycles. The van der Waals surface area contributed by atoms with Gasteiger partial charge in [-0.15, -0.1) is 11.6 Å². The van der Waals surface area contributed by atoms with Gasteiger partial charge in [0.15, 0.2) is 11.5 Å². The first-order valence-electron chi connectivity index (χ1n) is 6.14. The van der Waals surface area contributed by atoms with Gasteiger partial charge in [0, 0.05) is 5.56 Å². The standard InChI is InChI=1S/C14H19ClO3/c1-16-12-7-6-10(11(15)8-9-4-5-9)13(17-2)14(12)18-3/h6-7,9,11H,4-5,8H2,1-3H3. The van der Waals surface area contributed by atoms with Crippen LogP contribution in [0.25, 0.3) is 0 Å². The second-order valence-electron chi connectivity index (χ2n) is 4.57. The Balaban J connectivity index is 2.33. The summed E-state index contributed by atoms with van der Waals surface area (Å²) in [4.78, 5) is 0. The number of methoxy groups -OCH3 is 3. The topological polar surface area (TPSA) is 27.7 Å². The summed E-state index contributed by atoms with van der Waals surface area (Å²) in [5, 5.41) is -0.0349. The van der Waals surface area contributed by atoms with Crippen LogP contribution in [-0.4, -0.2) is 21.3 Å². The van der Waals surface area contributed by atoms with Gasteiger partial charge in [-0.1, -0.05) is 12.8 Å². The number of rotatable bonds is 6. The molecule has 0 N–H and O–H groups in total. The fourth-order valence-corrected chi connectivity index (χ4v) is 2.57. The Bertz CT molecular complexity index is 416. The van der Waals surface area contributed by atoms with E-state index in [0.717, 1.165) is 17.9 Å².